The molecule has 0 aromatic rings. The van der Waals surface area contributed by atoms with Crippen LogP contribution in [0.4, 0.5) is 0 Å². The van der Waals surface area contributed by atoms with Gasteiger partial charge in [0.25, 0.3) is 0 Å². The summed E-state index contributed by atoms with van der Waals surface area (Å²) >= 11 is 0. The maximum Gasteiger partial charge on any atom is 0.0651 e. The standard InChI is InChI=1S/C13H30N2/c1-7-10-12(8-2)11-14-13(4,5)15(6)9-3/h12,14H,7-11H2,1-6H3. The molecule has 0 fully saturated rings. The lowest BCUT2D eigenvalue weighted by molar-refractivity contribution is 0.117. The first-order valence-electron chi connectivity index (χ1n) is 6.44. The van der Waals surface area contributed by atoms with Crippen LogP contribution in [0, 0.1) is 5.92 Å². The zero-order chi connectivity index (χ0) is 11.9. The van der Waals surface area contributed by atoms with E-state index in [-0.39, 0.29) is 5.66 Å². The molecule has 2 heteroatoms. The minimum Gasteiger partial charge on any atom is -0.299 e. The highest BCUT2D eigenvalue weighted by atomic mass is 15.3. The Morgan fingerprint density at radius 2 is 1.80 bits per heavy atom. The van der Waals surface area contributed by atoms with Crippen molar-refractivity contribution in [1.82, 2.24) is 10.2 Å². The predicted molar refractivity (Wildman–Crippen MR) is 69.1 cm³/mol. The van der Waals surface area contributed by atoms with Crippen molar-refractivity contribution in [3.63, 3.8) is 0 Å². The largest absolute Gasteiger partial charge is 0.299 e. The first-order chi connectivity index (χ1) is 6.97. The lowest BCUT2D eigenvalue weighted by Gasteiger charge is -2.37. The van der Waals surface area contributed by atoms with Gasteiger partial charge in [-0.2, -0.15) is 0 Å². The molecule has 15 heavy (non-hydrogen) atoms. The predicted octanol–water partition coefficient (Wildman–Crippen LogP) is 3.09. The van der Waals surface area contributed by atoms with E-state index >= 15 is 0 Å². The summed E-state index contributed by atoms with van der Waals surface area (Å²) in [7, 11) is 2.17. The number of nitrogens with zero attached hydrogens (tertiary/aromatic N) is 1. The molecule has 0 saturated carbocycles. The first kappa shape index (κ1) is 14.9. The minimum atomic E-state index is 0.121. The van der Waals surface area contributed by atoms with Crippen LogP contribution in [0.5, 0.6) is 0 Å². The fraction of sp³-hybridized carbons (Fsp3) is 1.00. The molecule has 0 aliphatic rings. The van der Waals surface area contributed by atoms with Crippen LogP contribution in [0.15, 0.2) is 0 Å². The van der Waals surface area contributed by atoms with Gasteiger partial charge < -0.3 is 0 Å². The average Bonchev–Trinajstić information content (AvgIpc) is 2.22. The van der Waals surface area contributed by atoms with Crippen LogP contribution < -0.4 is 5.32 Å². The van der Waals surface area contributed by atoms with Crippen LogP contribution >= 0.6 is 0 Å². The van der Waals surface area contributed by atoms with Crippen LogP contribution in [0.2, 0.25) is 0 Å². The Hall–Kier alpha value is -0.0800. The molecule has 0 aromatic heterocycles. The van der Waals surface area contributed by atoms with E-state index in [0.29, 0.717) is 0 Å². The molecule has 0 radical (unpaired) electrons. The smallest absolute Gasteiger partial charge is 0.0651 e. The molecule has 0 bridgehead atoms. The summed E-state index contributed by atoms with van der Waals surface area (Å²) in [5.41, 5.74) is 0.121. The van der Waals surface area contributed by atoms with Crippen molar-refractivity contribution in [1.29, 1.82) is 0 Å². The second-order valence-corrected chi connectivity index (χ2v) is 5.02. The number of hydrogen-bond acceptors (Lipinski definition) is 2. The van der Waals surface area contributed by atoms with Crippen LogP contribution in [0.3, 0.4) is 0 Å². The summed E-state index contributed by atoms with van der Waals surface area (Å²) in [6, 6.07) is 0. The highest BCUT2D eigenvalue weighted by Crippen LogP contribution is 2.13. The van der Waals surface area contributed by atoms with Crippen molar-refractivity contribution >= 4 is 0 Å². The van der Waals surface area contributed by atoms with Gasteiger partial charge in [-0.25, -0.2) is 0 Å². The van der Waals surface area contributed by atoms with E-state index in [9.17, 15) is 0 Å². The number of hydrogen-bond donors (Lipinski definition) is 1. The molecule has 92 valence electrons. The van der Waals surface area contributed by atoms with Gasteiger partial charge in [-0.3, -0.25) is 10.2 Å². The molecular formula is C13H30N2. The van der Waals surface area contributed by atoms with E-state index < -0.39 is 0 Å². The topological polar surface area (TPSA) is 15.3 Å². The quantitative estimate of drug-likeness (QED) is 0.625. The van der Waals surface area contributed by atoms with E-state index in [1.807, 2.05) is 0 Å². The van der Waals surface area contributed by atoms with E-state index in [0.717, 1.165) is 19.0 Å². The van der Waals surface area contributed by atoms with Crippen LogP contribution in [-0.2, 0) is 0 Å². The molecule has 0 aromatic carbocycles. The molecule has 1 N–H and O–H groups in total. The molecule has 0 aliphatic carbocycles. The van der Waals surface area contributed by atoms with Crippen molar-refractivity contribution < 1.29 is 0 Å². The summed E-state index contributed by atoms with van der Waals surface area (Å²) in [6.45, 7) is 13.5. The average molecular weight is 214 g/mol. The van der Waals surface area contributed by atoms with Crippen LogP contribution in [-0.4, -0.2) is 30.7 Å². The van der Waals surface area contributed by atoms with Crippen molar-refractivity contribution in [2.24, 2.45) is 5.92 Å². The van der Waals surface area contributed by atoms with Gasteiger partial charge in [0.15, 0.2) is 0 Å². The second-order valence-electron chi connectivity index (χ2n) is 5.02. The summed E-state index contributed by atoms with van der Waals surface area (Å²) in [4.78, 5) is 2.35. The van der Waals surface area contributed by atoms with Crippen molar-refractivity contribution in [2.45, 2.75) is 59.5 Å². The highest BCUT2D eigenvalue weighted by molar-refractivity contribution is 4.77. The molecule has 0 amide bonds. The monoisotopic (exact) mass is 214 g/mol. The Morgan fingerprint density at radius 3 is 2.20 bits per heavy atom. The molecule has 1 unspecified atom stereocenters. The Balaban J connectivity index is 3.99. The molecule has 0 rings (SSSR count). The van der Waals surface area contributed by atoms with Crippen LogP contribution in [0.25, 0.3) is 0 Å². The van der Waals surface area contributed by atoms with E-state index in [2.05, 4.69) is 51.9 Å². The van der Waals surface area contributed by atoms with Gasteiger partial charge in [0.2, 0.25) is 0 Å². The Morgan fingerprint density at radius 1 is 1.20 bits per heavy atom. The first-order valence-corrected chi connectivity index (χ1v) is 6.44. The third-order valence-electron chi connectivity index (χ3n) is 3.53. The number of nitrogens with one attached hydrogen (secondary N) is 1. The van der Waals surface area contributed by atoms with Gasteiger partial charge in [0, 0.05) is 0 Å². The molecule has 2 nitrogen and oxygen atoms in total. The number of rotatable bonds is 8. The summed E-state index contributed by atoms with van der Waals surface area (Å²) in [5.74, 6) is 0.833. The zero-order valence-electron chi connectivity index (χ0n) is 11.6. The van der Waals surface area contributed by atoms with E-state index in [1.165, 1.54) is 19.3 Å². The molecule has 0 saturated heterocycles. The lowest BCUT2D eigenvalue weighted by Crippen LogP contribution is -2.53. The summed E-state index contributed by atoms with van der Waals surface area (Å²) < 4.78 is 0. The molecule has 0 spiro atoms. The Labute approximate surface area is 96.4 Å². The summed E-state index contributed by atoms with van der Waals surface area (Å²) in [6.07, 6.45) is 3.92. The minimum absolute atomic E-state index is 0.121. The van der Waals surface area contributed by atoms with E-state index in [1.54, 1.807) is 0 Å². The van der Waals surface area contributed by atoms with Crippen molar-refractivity contribution in [3.8, 4) is 0 Å². The Bertz CT molecular complexity index is 155. The van der Waals surface area contributed by atoms with Crippen molar-refractivity contribution in [3.05, 3.63) is 0 Å². The zero-order valence-corrected chi connectivity index (χ0v) is 11.6. The van der Waals surface area contributed by atoms with E-state index in [4.69, 9.17) is 0 Å². The second kappa shape index (κ2) is 7.24. The molecule has 0 aliphatic heterocycles. The van der Waals surface area contributed by atoms with Crippen molar-refractivity contribution in [2.75, 3.05) is 20.1 Å². The fourth-order valence-electron chi connectivity index (χ4n) is 1.78. The normalized spacial score (nSPS) is 14.6. The van der Waals surface area contributed by atoms with Gasteiger partial charge in [0.05, 0.1) is 5.66 Å². The SMILES string of the molecule is CCCC(CC)CNC(C)(C)N(C)CC. The third-order valence-corrected chi connectivity index (χ3v) is 3.53. The molecule has 1 atom stereocenters. The Kier molecular flexibility index (Phi) is 7.20. The van der Waals surface area contributed by atoms with Gasteiger partial charge >= 0.3 is 0 Å². The maximum atomic E-state index is 3.67. The molecular weight excluding hydrogens is 184 g/mol. The lowest BCUT2D eigenvalue weighted by atomic mass is 10.00. The maximum absolute atomic E-state index is 3.67. The van der Waals surface area contributed by atoms with Gasteiger partial charge in [0.1, 0.15) is 0 Å². The highest BCUT2D eigenvalue weighted by Gasteiger charge is 2.22. The van der Waals surface area contributed by atoms with Gasteiger partial charge in [-0.15, -0.1) is 0 Å². The summed E-state index contributed by atoms with van der Waals surface area (Å²) in [5, 5.41) is 3.67. The molecule has 0 heterocycles. The van der Waals surface area contributed by atoms with Gasteiger partial charge in [-0.1, -0.05) is 33.6 Å². The third kappa shape index (κ3) is 5.53. The van der Waals surface area contributed by atoms with Crippen LogP contribution in [0.1, 0.15) is 53.9 Å². The fourth-order valence-corrected chi connectivity index (χ4v) is 1.78. The van der Waals surface area contributed by atoms with Gasteiger partial charge in [-0.05, 0) is 46.3 Å².